The Labute approximate surface area is 120 Å². The van der Waals surface area contributed by atoms with Gasteiger partial charge in [0, 0.05) is 25.2 Å². The van der Waals surface area contributed by atoms with E-state index in [-0.39, 0.29) is 30.3 Å². The fourth-order valence-corrected chi connectivity index (χ4v) is 1.91. The summed E-state index contributed by atoms with van der Waals surface area (Å²) in [5.74, 6) is -1.94. The largest absolute Gasteiger partial charge is 0.341 e. The molecule has 0 spiro atoms. The second-order valence-electron chi connectivity index (χ2n) is 4.79. The number of hydrogen-bond acceptors (Lipinski definition) is 1. The zero-order chi connectivity index (χ0) is 15.4. The van der Waals surface area contributed by atoms with Gasteiger partial charge < -0.3 is 4.90 Å². The predicted octanol–water partition coefficient (Wildman–Crippen LogP) is 3.31. The quantitative estimate of drug-likeness (QED) is 0.847. The van der Waals surface area contributed by atoms with E-state index in [0.29, 0.717) is 5.56 Å². The monoisotopic (exact) mass is 293 g/mol. The SMILES string of the molecule is CN(Cc1ccc(F)cc1F)C(=O)Cc1ccc(F)cc1. The Kier molecular flexibility index (Phi) is 4.62. The fraction of sp³-hybridized carbons (Fsp3) is 0.188. The van der Waals surface area contributed by atoms with Crippen LogP contribution in [0.1, 0.15) is 11.1 Å². The van der Waals surface area contributed by atoms with Crippen molar-refractivity contribution in [3.05, 3.63) is 71.0 Å². The first-order valence-corrected chi connectivity index (χ1v) is 6.38. The summed E-state index contributed by atoms with van der Waals surface area (Å²) in [6.45, 7) is 0.0478. The van der Waals surface area contributed by atoms with Gasteiger partial charge >= 0.3 is 0 Å². The lowest BCUT2D eigenvalue weighted by Crippen LogP contribution is -2.28. The van der Waals surface area contributed by atoms with Crippen LogP contribution < -0.4 is 0 Å². The number of benzene rings is 2. The Morgan fingerprint density at radius 2 is 1.62 bits per heavy atom. The molecule has 0 radical (unpaired) electrons. The van der Waals surface area contributed by atoms with Crippen LogP contribution in [0, 0.1) is 17.5 Å². The standard InChI is InChI=1S/C16H14F3NO/c1-20(10-12-4-7-14(18)9-15(12)19)16(21)8-11-2-5-13(17)6-3-11/h2-7,9H,8,10H2,1H3. The molecule has 0 N–H and O–H groups in total. The lowest BCUT2D eigenvalue weighted by atomic mass is 10.1. The molecule has 0 aromatic heterocycles. The van der Waals surface area contributed by atoms with Crippen LogP contribution in [0.2, 0.25) is 0 Å². The van der Waals surface area contributed by atoms with Crippen LogP contribution in [0.3, 0.4) is 0 Å². The van der Waals surface area contributed by atoms with Crippen molar-refractivity contribution in [3.63, 3.8) is 0 Å². The summed E-state index contributed by atoms with van der Waals surface area (Å²) in [5.41, 5.74) is 0.916. The van der Waals surface area contributed by atoms with Crippen LogP contribution in [-0.4, -0.2) is 17.9 Å². The molecule has 0 aliphatic carbocycles. The van der Waals surface area contributed by atoms with Gasteiger partial charge in [-0.1, -0.05) is 18.2 Å². The van der Waals surface area contributed by atoms with Crippen LogP contribution >= 0.6 is 0 Å². The van der Waals surface area contributed by atoms with Gasteiger partial charge in [0.05, 0.1) is 6.42 Å². The maximum Gasteiger partial charge on any atom is 0.227 e. The molecule has 0 fully saturated rings. The number of nitrogens with zero attached hydrogens (tertiary/aromatic N) is 1. The van der Waals surface area contributed by atoms with Gasteiger partial charge in [-0.3, -0.25) is 4.79 Å². The van der Waals surface area contributed by atoms with Gasteiger partial charge in [-0.05, 0) is 23.8 Å². The maximum atomic E-state index is 13.5. The molecule has 0 heterocycles. The average Bonchev–Trinajstić information content (AvgIpc) is 2.44. The Morgan fingerprint density at radius 1 is 1.00 bits per heavy atom. The highest BCUT2D eigenvalue weighted by Gasteiger charge is 2.13. The maximum absolute atomic E-state index is 13.5. The molecule has 5 heteroatoms. The molecule has 2 rings (SSSR count). The number of halogens is 3. The number of amides is 1. The number of hydrogen-bond donors (Lipinski definition) is 0. The number of carbonyl (C=O) groups is 1. The molecule has 2 aromatic carbocycles. The van der Waals surface area contributed by atoms with Crippen molar-refractivity contribution < 1.29 is 18.0 Å². The molecule has 0 aliphatic rings. The van der Waals surface area contributed by atoms with Crippen LogP contribution in [0.5, 0.6) is 0 Å². The second-order valence-corrected chi connectivity index (χ2v) is 4.79. The molecular formula is C16H14F3NO. The molecule has 110 valence electrons. The summed E-state index contributed by atoms with van der Waals surface area (Å²) in [7, 11) is 1.54. The highest BCUT2D eigenvalue weighted by atomic mass is 19.1. The molecule has 0 unspecified atom stereocenters. The summed E-state index contributed by atoms with van der Waals surface area (Å²) < 4.78 is 39.1. The number of likely N-dealkylation sites (N-methyl/N-ethyl adjacent to an activating group) is 1. The zero-order valence-corrected chi connectivity index (χ0v) is 11.4. The van der Waals surface area contributed by atoms with Gasteiger partial charge in [-0.15, -0.1) is 0 Å². The van der Waals surface area contributed by atoms with Crippen LogP contribution in [-0.2, 0) is 17.8 Å². The Bertz CT molecular complexity index is 640. The molecule has 0 bridgehead atoms. The van der Waals surface area contributed by atoms with Gasteiger partial charge in [-0.2, -0.15) is 0 Å². The first-order valence-electron chi connectivity index (χ1n) is 6.38. The normalized spacial score (nSPS) is 10.5. The highest BCUT2D eigenvalue weighted by Crippen LogP contribution is 2.12. The predicted molar refractivity (Wildman–Crippen MR) is 72.9 cm³/mol. The third-order valence-electron chi connectivity index (χ3n) is 3.12. The van der Waals surface area contributed by atoms with E-state index >= 15 is 0 Å². The first-order chi connectivity index (χ1) is 9.95. The van der Waals surface area contributed by atoms with Gasteiger partial charge in [0.2, 0.25) is 5.91 Å². The lowest BCUT2D eigenvalue weighted by molar-refractivity contribution is -0.129. The van der Waals surface area contributed by atoms with Crippen LogP contribution in [0.4, 0.5) is 13.2 Å². The number of carbonyl (C=O) groups excluding carboxylic acids is 1. The van der Waals surface area contributed by atoms with E-state index in [1.54, 1.807) is 0 Å². The van der Waals surface area contributed by atoms with Crippen LogP contribution in [0.15, 0.2) is 42.5 Å². The van der Waals surface area contributed by atoms with Crippen molar-refractivity contribution in [2.45, 2.75) is 13.0 Å². The third kappa shape index (κ3) is 4.08. The van der Waals surface area contributed by atoms with Gasteiger partial charge in [0.15, 0.2) is 0 Å². The summed E-state index contributed by atoms with van der Waals surface area (Å²) >= 11 is 0. The molecule has 0 aliphatic heterocycles. The van der Waals surface area contributed by atoms with E-state index in [1.807, 2.05) is 0 Å². The van der Waals surface area contributed by atoms with Crippen molar-refractivity contribution in [1.82, 2.24) is 4.90 Å². The third-order valence-corrected chi connectivity index (χ3v) is 3.12. The van der Waals surface area contributed by atoms with Crippen molar-refractivity contribution in [3.8, 4) is 0 Å². The minimum absolute atomic E-state index is 0.0478. The summed E-state index contributed by atoms with van der Waals surface area (Å²) in [6, 6.07) is 8.86. The molecule has 2 nitrogen and oxygen atoms in total. The minimum Gasteiger partial charge on any atom is -0.341 e. The van der Waals surface area contributed by atoms with E-state index in [9.17, 15) is 18.0 Å². The summed E-state index contributed by atoms with van der Waals surface area (Å²) in [5, 5.41) is 0. The summed E-state index contributed by atoms with van der Waals surface area (Å²) in [6.07, 6.45) is 0.0968. The highest BCUT2D eigenvalue weighted by molar-refractivity contribution is 5.78. The van der Waals surface area contributed by atoms with E-state index in [4.69, 9.17) is 0 Å². The van der Waals surface area contributed by atoms with E-state index in [0.717, 1.165) is 12.1 Å². The van der Waals surface area contributed by atoms with Crippen LogP contribution in [0.25, 0.3) is 0 Å². The van der Waals surface area contributed by atoms with E-state index in [2.05, 4.69) is 0 Å². The smallest absolute Gasteiger partial charge is 0.227 e. The molecule has 0 saturated heterocycles. The van der Waals surface area contributed by atoms with Gasteiger partial charge in [-0.25, -0.2) is 13.2 Å². The zero-order valence-electron chi connectivity index (χ0n) is 11.4. The molecular weight excluding hydrogens is 279 g/mol. The topological polar surface area (TPSA) is 20.3 Å². The Morgan fingerprint density at radius 3 is 2.24 bits per heavy atom. The molecule has 2 aromatic rings. The molecule has 21 heavy (non-hydrogen) atoms. The molecule has 0 atom stereocenters. The summed E-state index contributed by atoms with van der Waals surface area (Å²) in [4.78, 5) is 13.4. The Balaban J connectivity index is 2.00. The Hall–Kier alpha value is -2.30. The lowest BCUT2D eigenvalue weighted by Gasteiger charge is -2.17. The van der Waals surface area contributed by atoms with Crippen molar-refractivity contribution in [1.29, 1.82) is 0 Å². The van der Waals surface area contributed by atoms with E-state index < -0.39 is 11.6 Å². The van der Waals surface area contributed by atoms with Crippen molar-refractivity contribution in [2.24, 2.45) is 0 Å². The number of rotatable bonds is 4. The second kappa shape index (κ2) is 6.43. The molecule has 0 saturated carbocycles. The first kappa shape index (κ1) is 15.1. The molecule has 1 amide bonds. The van der Waals surface area contributed by atoms with E-state index in [1.165, 1.54) is 42.3 Å². The van der Waals surface area contributed by atoms with Crippen molar-refractivity contribution >= 4 is 5.91 Å². The fourth-order valence-electron chi connectivity index (χ4n) is 1.91. The average molecular weight is 293 g/mol. The van der Waals surface area contributed by atoms with Crippen molar-refractivity contribution in [2.75, 3.05) is 7.05 Å². The van der Waals surface area contributed by atoms with Gasteiger partial charge in [0.1, 0.15) is 17.5 Å². The van der Waals surface area contributed by atoms with Gasteiger partial charge in [0.25, 0.3) is 0 Å². The minimum atomic E-state index is -0.684.